The number of nitrogens with zero attached hydrogens (tertiary/aromatic N) is 5. The van der Waals surface area contributed by atoms with Crippen molar-refractivity contribution >= 4 is 27.5 Å². The molecule has 0 spiro atoms. The third-order valence-electron chi connectivity index (χ3n) is 12.7. The number of terminal acetylenes is 1. The smallest absolute Gasteiger partial charge is 0.319 e. The Morgan fingerprint density at radius 1 is 1.04 bits per heavy atom. The number of methoxy groups -OCH3 is 1. The van der Waals surface area contributed by atoms with Gasteiger partial charge in [-0.15, -0.1) is 6.42 Å². The van der Waals surface area contributed by atoms with Gasteiger partial charge in [-0.2, -0.15) is 9.97 Å². The van der Waals surface area contributed by atoms with Crippen LogP contribution < -0.4 is 14.4 Å². The number of phenols is 1. The van der Waals surface area contributed by atoms with Crippen LogP contribution in [0.4, 0.5) is 14.6 Å². The second-order valence-electron chi connectivity index (χ2n) is 16.2. The molecule has 6 heterocycles. The Balaban J connectivity index is 1.15. The highest BCUT2D eigenvalue weighted by Gasteiger charge is 2.51. The molecule has 10 nitrogen and oxygen atoms in total. The predicted octanol–water partition coefficient (Wildman–Crippen LogP) is 7.01. The molecule has 2 aromatic heterocycles. The van der Waals surface area contributed by atoms with Crippen molar-refractivity contribution in [1.82, 2.24) is 19.9 Å². The molecule has 0 radical (unpaired) electrons. The average molecular weight is 740 g/mol. The highest BCUT2D eigenvalue weighted by molar-refractivity contribution is 6.04. The number of fused-ring (bicyclic) bond motifs is 5. The van der Waals surface area contributed by atoms with Crippen molar-refractivity contribution in [2.24, 2.45) is 11.3 Å². The van der Waals surface area contributed by atoms with Gasteiger partial charge in [0.15, 0.2) is 5.82 Å². The van der Waals surface area contributed by atoms with Gasteiger partial charge in [0.1, 0.15) is 34.0 Å². The van der Waals surface area contributed by atoms with Crippen molar-refractivity contribution in [3.63, 3.8) is 0 Å². The monoisotopic (exact) mass is 739 g/mol. The molecule has 5 fully saturated rings. The van der Waals surface area contributed by atoms with Crippen molar-refractivity contribution < 1.29 is 32.8 Å². The minimum Gasteiger partial charge on any atom is -0.508 e. The van der Waals surface area contributed by atoms with E-state index in [-0.39, 0.29) is 69.1 Å². The maximum absolute atomic E-state index is 17.3. The lowest BCUT2D eigenvalue weighted by atomic mass is 9.74. The Morgan fingerprint density at radius 2 is 1.85 bits per heavy atom. The summed E-state index contributed by atoms with van der Waals surface area (Å²) in [5.74, 6) is 1.70. The number of aromatic nitrogens is 3. The van der Waals surface area contributed by atoms with E-state index >= 15 is 8.78 Å². The minimum absolute atomic E-state index is 0.0268. The molecular weight excluding hydrogens is 692 g/mol. The van der Waals surface area contributed by atoms with E-state index in [9.17, 15) is 5.11 Å². The molecule has 0 amide bonds. The number of pyridine rings is 1. The van der Waals surface area contributed by atoms with Crippen LogP contribution in [0.2, 0.25) is 0 Å². The predicted molar refractivity (Wildman–Crippen MR) is 201 cm³/mol. The molecular formula is C42H47F2N5O5. The third kappa shape index (κ3) is 5.99. The molecule has 2 bridgehead atoms. The molecule has 9 rings (SSSR count). The van der Waals surface area contributed by atoms with Gasteiger partial charge < -0.3 is 29.0 Å². The second kappa shape index (κ2) is 13.8. The summed E-state index contributed by atoms with van der Waals surface area (Å²) in [5.41, 5.74) is -0.237. The zero-order valence-electron chi connectivity index (χ0n) is 31.1. The largest absolute Gasteiger partial charge is 0.508 e. The van der Waals surface area contributed by atoms with Crippen molar-refractivity contribution in [3.8, 4) is 41.2 Å². The number of piperidine rings is 2. The number of phenolic OH excluding ortho intramolecular Hbond substituents is 1. The molecule has 1 saturated carbocycles. The zero-order chi connectivity index (χ0) is 37.3. The molecule has 1 aliphatic carbocycles. The van der Waals surface area contributed by atoms with Gasteiger partial charge in [0, 0.05) is 47.5 Å². The lowest BCUT2D eigenvalue weighted by Gasteiger charge is -2.51. The van der Waals surface area contributed by atoms with Crippen LogP contribution in [-0.2, 0) is 9.47 Å². The first-order valence-corrected chi connectivity index (χ1v) is 19.4. The molecule has 4 saturated heterocycles. The summed E-state index contributed by atoms with van der Waals surface area (Å²) in [7, 11) is 1.46. The van der Waals surface area contributed by atoms with E-state index in [0.29, 0.717) is 60.9 Å². The molecule has 12 heteroatoms. The summed E-state index contributed by atoms with van der Waals surface area (Å²) in [6.45, 7) is 7.74. The van der Waals surface area contributed by atoms with Gasteiger partial charge in [0.2, 0.25) is 5.88 Å². The standard InChI is InChI=1S/C42H47F2N5O5/c1-5-30-32(43)10-9-26-17-28(50)18-31(34(26)30)37-36(44)38-35(40(45-37)51-4)39(48-19-25-16-29(20-48)52-21-25)47-41(46-38)53-22-42-11-6-8-33(42)49(13-7-12-42)27-14-23(2)54-24(3)15-27/h1,9-10,17-18,23-25,27,29,33,50H,6-8,11-16,19-22H2,2-4H3. The number of benzene rings is 2. The zero-order valence-corrected chi connectivity index (χ0v) is 31.1. The molecule has 4 aromatic rings. The van der Waals surface area contributed by atoms with E-state index < -0.39 is 11.6 Å². The maximum Gasteiger partial charge on any atom is 0.319 e. The SMILES string of the molecule is C#Cc1c(F)ccc2cc(O)cc(-c3nc(OC)c4c(N5CC6COC(C6)C5)nc(OCC56CCCC5N(C5CC(C)OC(C)C5)CCC6)nc4c3F)c12. The highest BCUT2D eigenvalue weighted by Crippen LogP contribution is 2.50. The second-order valence-corrected chi connectivity index (χ2v) is 16.2. The highest BCUT2D eigenvalue weighted by atomic mass is 19.1. The van der Waals surface area contributed by atoms with E-state index in [1.165, 1.54) is 31.4 Å². The van der Waals surface area contributed by atoms with E-state index in [4.69, 9.17) is 35.3 Å². The number of rotatable bonds is 7. The summed E-state index contributed by atoms with van der Waals surface area (Å²) < 4.78 is 57.1. The first-order valence-electron chi connectivity index (χ1n) is 19.4. The molecule has 6 atom stereocenters. The number of ether oxygens (including phenoxy) is 4. The first-order chi connectivity index (χ1) is 26.1. The molecule has 54 heavy (non-hydrogen) atoms. The Kier molecular flexibility index (Phi) is 9.02. The lowest BCUT2D eigenvalue weighted by Crippen LogP contribution is -2.57. The van der Waals surface area contributed by atoms with Gasteiger partial charge in [-0.05, 0) is 88.9 Å². The lowest BCUT2D eigenvalue weighted by molar-refractivity contribution is -0.0967. The van der Waals surface area contributed by atoms with E-state index in [1.54, 1.807) is 0 Å². The number of hydrogen-bond donors (Lipinski definition) is 1. The number of likely N-dealkylation sites (tertiary alicyclic amines) is 1. The van der Waals surface area contributed by atoms with Crippen molar-refractivity contribution in [2.75, 3.05) is 44.9 Å². The summed E-state index contributed by atoms with van der Waals surface area (Å²) in [4.78, 5) is 19.3. The normalized spacial score (nSPS) is 29.7. The van der Waals surface area contributed by atoms with Crippen LogP contribution in [0.15, 0.2) is 24.3 Å². The Bertz CT molecular complexity index is 2140. The number of halogens is 2. The van der Waals surface area contributed by atoms with Gasteiger partial charge in [0.05, 0.1) is 44.2 Å². The third-order valence-corrected chi connectivity index (χ3v) is 12.7. The summed E-state index contributed by atoms with van der Waals surface area (Å²) in [5, 5.41) is 11.7. The van der Waals surface area contributed by atoms with Gasteiger partial charge in [0.25, 0.3) is 0 Å². The minimum atomic E-state index is -0.779. The van der Waals surface area contributed by atoms with Crippen molar-refractivity contribution in [1.29, 1.82) is 0 Å². The van der Waals surface area contributed by atoms with Crippen LogP contribution in [-0.4, -0.2) is 95.3 Å². The maximum atomic E-state index is 17.3. The van der Waals surface area contributed by atoms with Crippen molar-refractivity contribution in [2.45, 2.75) is 95.6 Å². The molecule has 284 valence electrons. The molecule has 6 unspecified atom stereocenters. The first kappa shape index (κ1) is 35.4. The van der Waals surface area contributed by atoms with Crippen molar-refractivity contribution in [3.05, 3.63) is 41.5 Å². The fourth-order valence-corrected chi connectivity index (χ4v) is 10.5. The number of aromatic hydroxyl groups is 1. The van der Waals surface area contributed by atoms with Crippen LogP contribution in [0.25, 0.3) is 32.9 Å². The molecule has 2 aromatic carbocycles. The topological polar surface area (TPSA) is 102 Å². The number of hydrogen-bond acceptors (Lipinski definition) is 10. The Labute approximate surface area is 314 Å². The van der Waals surface area contributed by atoms with Crippen LogP contribution in [0, 0.1) is 35.3 Å². The van der Waals surface area contributed by atoms with Crippen LogP contribution in [0.3, 0.4) is 0 Å². The fourth-order valence-electron chi connectivity index (χ4n) is 10.5. The van der Waals surface area contributed by atoms with Crippen LogP contribution in [0.5, 0.6) is 17.6 Å². The fraction of sp³-hybridized carbons (Fsp3) is 0.548. The summed E-state index contributed by atoms with van der Waals surface area (Å²) in [6.07, 6.45) is 14.7. The summed E-state index contributed by atoms with van der Waals surface area (Å²) >= 11 is 0. The molecule has 1 N–H and O–H groups in total. The molecule has 4 aliphatic heterocycles. The van der Waals surface area contributed by atoms with Gasteiger partial charge >= 0.3 is 6.01 Å². The van der Waals surface area contributed by atoms with Gasteiger partial charge in [-0.3, -0.25) is 4.90 Å². The molecule has 5 aliphatic rings. The van der Waals surface area contributed by atoms with Gasteiger partial charge in [-0.1, -0.05) is 18.4 Å². The average Bonchev–Trinajstić information content (AvgIpc) is 3.75. The van der Waals surface area contributed by atoms with Crippen LogP contribution >= 0.6 is 0 Å². The summed E-state index contributed by atoms with van der Waals surface area (Å²) in [6, 6.07) is 6.45. The van der Waals surface area contributed by atoms with E-state index in [2.05, 4.69) is 34.6 Å². The quantitative estimate of drug-likeness (QED) is 0.199. The van der Waals surface area contributed by atoms with Crippen LogP contribution in [0.1, 0.15) is 70.8 Å². The Hall–Kier alpha value is -4.31. The Morgan fingerprint density at radius 3 is 2.63 bits per heavy atom. The van der Waals surface area contributed by atoms with Gasteiger partial charge in [-0.25, -0.2) is 13.8 Å². The van der Waals surface area contributed by atoms with E-state index in [0.717, 1.165) is 57.9 Å². The number of anilines is 1. The van der Waals surface area contributed by atoms with E-state index in [1.807, 2.05) is 0 Å².